The molecule has 0 aliphatic carbocycles. The summed E-state index contributed by atoms with van der Waals surface area (Å²) in [6.07, 6.45) is 0. The largest absolute Gasteiger partial charge is 0.361 e. The SMILES string of the molecule is Cc1noc(C)c1CSc1ccccc1C(=O)NCc1cccc(Cl)c1. The van der Waals surface area contributed by atoms with Gasteiger partial charge in [0.15, 0.2) is 0 Å². The Morgan fingerprint density at radius 1 is 1.19 bits per heavy atom. The Kier molecular flexibility index (Phi) is 6.01. The van der Waals surface area contributed by atoms with E-state index in [1.54, 1.807) is 11.8 Å². The van der Waals surface area contributed by atoms with Gasteiger partial charge < -0.3 is 9.84 Å². The smallest absolute Gasteiger partial charge is 0.252 e. The molecule has 0 bridgehead atoms. The first-order valence-corrected chi connectivity index (χ1v) is 9.57. The lowest BCUT2D eigenvalue weighted by molar-refractivity contribution is 0.0948. The van der Waals surface area contributed by atoms with Crippen LogP contribution in [0.2, 0.25) is 5.02 Å². The van der Waals surface area contributed by atoms with Crippen LogP contribution in [0.5, 0.6) is 0 Å². The zero-order valence-corrected chi connectivity index (χ0v) is 16.2. The molecule has 1 amide bonds. The van der Waals surface area contributed by atoms with Crippen molar-refractivity contribution in [1.29, 1.82) is 0 Å². The van der Waals surface area contributed by atoms with Gasteiger partial charge in [-0.25, -0.2) is 0 Å². The van der Waals surface area contributed by atoms with Gasteiger partial charge in [0.1, 0.15) is 5.76 Å². The van der Waals surface area contributed by atoms with E-state index in [0.29, 0.717) is 22.9 Å². The molecule has 0 saturated heterocycles. The predicted octanol–water partition coefficient (Wildman–Crippen LogP) is 5.17. The summed E-state index contributed by atoms with van der Waals surface area (Å²) in [5.41, 5.74) is 3.58. The minimum Gasteiger partial charge on any atom is -0.361 e. The van der Waals surface area contributed by atoms with Gasteiger partial charge in [-0.2, -0.15) is 0 Å². The zero-order chi connectivity index (χ0) is 18.5. The van der Waals surface area contributed by atoms with Crippen LogP contribution >= 0.6 is 23.4 Å². The Morgan fingerprint density at radius 2 is 2.00 bits per heavy atom. The van der Waals surface area contributed by atoms with Gasteiger partial charge in [-0.15, -0.1) is 11.8 Å². The van der Waals surface area contributed by atoms with Gasteiger partial charge in [-0.1, -0.05) is 41.0 Å². The van der Waals surface area contributed by atoms with E-state index in [9.17, 15) is 4.79 Å². The van der Waals surface area contributed by atoms with Crippen molar-refractivity contribution in [2.75, 3.05) is 0 Å². The van der Waals surface area contributed by atoms with E-state index < -0.39 is 0 Å². The van der Waals surface area contributed by atoms with Gasteiger partial charge in [0.05, 0.1) is 11.3 Å². The van der Waals surface area contributed by atoms with Crippen molar-refractivity contribution in [3.05, 3.63) is 81.7 Å². The maximum atomic E-state index is 12.6. The van der Waals surface area contributed by atoms with E-state index in [4.69, 9.17) is 16.1 Å². The summed E-state index contributed by atoms with van der Waals surface area (Å²) in [4.78, 5) is 13.6. The molecule has 4 nitrogen and oxygen atoms in total. The van der Waals surface area contributed by atoms with Gasteiger partial charge in [-0.05, 0) is 43.7 Å². The normalized spacial score (nSPS) is 10.7. The van der Waals surface area contributed by atoms with Gasteiger partial charge in [0, 0.05) is 27.8 Å². The fourth-order valence-electron chi connectivity index (χ4n) is 2.56. The van der Waals surface area contributed by atoms with Crippen molar-refractivity contribution in [3.8, 4) is 0 Å². The number of amides is 1. The number of carbonyl (C=O) groups is 1. The van der Waals surface area contributed by atoms with Crippen molar-refractivity contribution in [2.24, 2.45) is 0 Å². The lowest BCUT2D eigenvalue weighted by atomic mass is 10.2. The van der Waals surface area contributed by atoms with Crippen LogP contribution in [0.4, 0.5) is 0 Å². The highest BCUT2D eigenvalue weighted by atomic mass is 35.5. The number of benzene rings is 2. The first-order chi connectivity index (χ1) is 12.5. The molecule has 0 unspecified atom stereocenters. The maximum Gasteiger partial charge on any atom is 0.252 e. The number of carbonyl (C=O) groups excluding carboxylic acids is 1. The molecule has 6 heteroatoms. The van der Waals surface area contributed by atoms with E-state index in [1.165, 1.54) is 0 Å². The van der Waals surface area contributed by atoms with Crippen molar-refractivity contribution >= 4 is 29.3 Å². The van der Waals surface area contributed by atoms with Crippen molar-refractivity contribution < 1.29 is 9.32 Å². The Labute approximate surface area is 161 Å². The topological polar surface area (TPSA) is 55.1 Å². The average Bonchev–Trinajstić information content (AvgIpc) is 2.96. The molecule has 0 saturated carbocycles. The number of nitrogens with zero attached hydrogens (tertiary/aromatic N) is 1. The molecule has 0 aliphatic heterocycles. The van der Waals surface area contributed by atoms with Crippen LogP contribution in [0, 0.1) is 13.8 Å². The molecule has 0 radical (unpaired) electrons. The zero-order valence-electron chi connectivity index (χ0n) is 14.6. The third-order valence-corrected chi connectivity index (χ3v) is 5.36. The standard InChI is InChI=1S/C20H19ClN2O2S/c1-13-18(14(2)25-23-13)12-26-19-9-4-3-8-17(19)20(24)22-11-15-6-5-7-16(21)10-15/h3-10H,11-12H2,1-2H3,(H,22,24). The molecule has 0 spiro atoms. The van der Waals surface area contributed by atoms with Crippen LogP contribution in [0.25, 0.3) is 0 Å². The van der Waals surface area contributed by atoms with Gasteiger partial charge >= 0.3 is 0 Å². The number of aromatic nitrogens is 1. The summed E-state index contributed by atoms with van der Waals surface area (Å²) in [5, 5.41) is 7.59. The van der Waals surface area contributed by atoms with Crippen LogP contribution in [0.3, 0.4) is 0 Å². The second kappa shape index (κ2) is 8.43. The molecular weight excluding hydrogens is 368 g/mol. The minimum atomic E-state index is -0.105. The number of aryl methyl sites for hydroxylation is 2. The van der Waals surface area contributed by atoms with E-state index in [0.717, 1.165) is 27.5 Å². The molecule has 26 heavy (non-hydrogen) atoms. The van der Waals surface area contributed by atoms with Crippen molar-refractivity contribution in [2.45, 2.75) is 31.0 Å². The second-order valence-corrected chi connectivity index (χ2v) is 7.35. The Balaban J connectivity index is 1.69. The molecule has 1 aromatic heterocycles. The second-order valence-electron chi connectivity index (χ2n) is 5.90. The van der Waals surface area contributed by atoms with E-state index >= 15 is 0 Å². The van der Waals surface area contributed by atoms with Crippen LogP contribution in [0.1, 0.15) is 32.9 Å². The lowest BCUT2D eigenvalue weighted by Crippen LogP contribution is -2.23. The quantitative estimate of drug-likeness (QED) is 0.594. The lowest BCUT2D eigenvalue weighted by Gasteiger charge is -2.10. The molecule has 3 aromatic rings. The number of thioether (sulfide) groups is 1. The molecule has 2 aromatic carbocycles. The summed E-state index contributed by atoms with van der Waals surface area (Å²) in [6.45, 7) is 4.26. The highest BCUT2D eigenvalue weighted by Gasteiger charge is 2.14. The molecule has 134 valence electrons. The molecule has 1 N–H and O–H groups in total. The van der Waals surface area contributed by atoms with Gasteiger partial charge in [0.2, 0.25) is 0 Å². The summed E-state index contributed by atoms with van der Waals surface area (Å²) in [5.74, 6) is 1.42. The summed E-state index contributed by atoms with van der Waals surface area (Å²) in [7, 11) is 0. The maximum absolute atomic E-state index is 12.6. The molecule has 0 fully saturated rings. The number of hydrogen-bond donors (Lipinski definition) is 1. The monoisotopic (exact) mass is 386 g/mol. The third kappa shape index (κ3) is 4.48. The average molecular weight is 387 g/mol. The molecule has 0 aliphatic rings. The van der Waals surface area contributed by atoms with Crippen LogP contribution < -0.4 is 5.32 Å². The Morgan fingerprint density at radius 3 is 2.73 bits per heavy atom. The first kappa shape index (κ1) is 18.5. The summed E-state index contributed by atoms with van der Waals surface area (Å²) < 4.78 is 5.21. The Hall–Kier alpha value is -2.24. The number of halogens is 1. The number of hydrogen-bond acceptors (Lipinski definition) is 4. The first-order valence-electron chi connectivity index (χ1n) is 8.21. The van der Waals surface area contributed by atoms with Crippen molar-refractivity contribution in [3.63, 3.8) is 0 Å². The fourth-order valence-corrected chi connectivity index (χ4v) is 3.98. The predicted molar refractivity (Wildman–Crippen MR) is 105 cm³/mol. The summed E-state index contributed by atoms with van der Waals surface area (Å²) >= 11 is 7.59. The minimum absolute atomic E-state index is 0.105. The molecule has 3 rings (SSSR count). The van der Waals surface area contributed by atoms with E-state index in [1.807, 2.05) is 62.4 Å². The highest BCUT2D eigenvalue weighted by molar-refractivity contribution is 7.98. The highest BCUT2D eigenvalue weighted by Crippen LogP contribution is 2.28. The Bertz CT molecular complexity index is 904. The van der Waals surface area contributed by atoms with Crippen molar-refractivity contribution in [1.82, 2.24) is 10.5 Å². The van der Waals surface area contributed by atoms with Crippen LogP contribution in [0.15, 0.2) is 57.9 Å². The molecule has 0 atom stereocenters. The van der Waals surface area contributed by atoms with Crippen LogP contribution in [-0.2, 0) is 12.3 Å². The van der Waals surface area contributed by atoms with E-state index in [-0.39, 0.29) is 5.91 Å². The fraction of sp³-hybridized carbons (Fsp3) is 0.200. The van der Waals surface area contributed by atoms with Gasteiger partial charge in [-0.3, -0.25) is 4.79 Å². The molecule has 1 heterocycles. The van der Waals surface area contributed by atoms with E-state index in [2.05, 4.69) is 10.5 Å². The number of rotatable bonds is 6. The van der Waals surface area contributed by atoms with Crippen LogP contribution in [-0.4, -0.2) is 11.1 Å². The number of nitrogens with one attached hydrogen (secondary N) is 1. The van der Waals surface area contributed by atoms with Gasteiger partial charge in [0.25, 0.3) is 5.91 Å². The third-order valence-electron chi connectivity index (χ3n) is 4.03. The summed E-state index contributed by atoms with van der Waals surface area (Å²) in [6, 6.07) is 15.1. The molecular formula is C20H19ClN2O2S.